The zero-order valence-corrected chi connectivity index (χ0v) is 19.0. The highest BCUT2D eigenvalue weighted by Crippen LogP contribution is 2.26. The monoisotopic (exact) mass is 471 g/mol. The fourth-order valence-electron chi connectivity index (χ4n) is 3.02. The van der Waals surface area contributed by atoms with Gasteiger partial charge < -0.3 is 10.1 Å². The minimum Gasteiger partial charge on any atom is -0.487 e. The van der Waals surface area contributed by atoms with E-state index in [0.717, 1.165) is 11.1 Å². The van der Waals surface area contributed by atoms with Gasteiger partial charge in [0.1, 0.15) is 17.4 Å². The van der Waals surface area contributed by atoms with Gasteiger partial charge in [0.25, 0.3) is 5.91 Å². The van der Waals surface area contributed by atoms with Crippen molar-refractivity contribution in [1.29, 1.82) is 0 Å². The Kier molecular flexibility index (Phi) is 6.61. The van der Waals surface area contributed by atoms with Crippen molar-refractivity contribution in [2.75, 3.05) is 5.32 Å². The lowest BCUT2D eigenvalue weighted by Crippen LogP contribution is -2.11. The van der Waals surface area contributed by atoms with Crippen molar-refractivity contribution in [2.45, 2.75) is 20.1 Å². The summed E-state index contributed by atoms with van der Waals surface area (Å²) in [6.45, 7) is 2.93. The molecule has 4 aromatic rings. The number of halogens is 2. The molecule has 0 aliphatic heterocycles. The van der Waals surface area contributed by atoms with Crippen molar-refractivity contribution in [3.63, 3.8) is 0 Å². The van der Waals surface area contributed by atoms with Crippen molar-refractivity contribution in [3.8, 4) is 5.75 Å². The summed E-state index contributed by atoms with van der Waals surface area (Å²) in [5.74, 6) is 0.672. The molecular weight excluding hydrogens is 453 g/mol. The second kappa shape index (κ2) is 9.56. The van der Waals surface area contributed by atoms with Gasteiger partial charge in [-0.3, -0.25) is 9.48 Å². The molecule has 4 rings (SSSR count). The summed E-state index contributed by atoms with van der Waals surface area (Å²) in [6.07, 6.45) is 1.71. The molecule has 0 aliphatic rings. The SMILES string of the molecule is Cc1cccc(Cn2cc(Cl)c(NC(=O)c3cc(COc4ccccc4Cl)cs3)n2)c1. The highest BCUT2D eigenvalue weighted by atomic mass is 35.5. The fourth-order valence-corrected chi connectivity index (χ4v) is 4.20. The van der Waals surface area contributed by atoms with Crippen molar-refractivity contribution < 1.29 is 9.53 Å². The second-order valence-corrected chi connectivity index (χ2v) is 8.73. The van der Waals surface area contributed by atoms with E-state index in [4.69, 9.17) is 27.9 Å². The number of aromatic nitrogens is 2. The number of aryl methyl sites for hydroxylation is 1. The van der Waals surface area contributed by atoms with Crippen LogP contribution in [0.15, 0.2) is 66.2 Å². The molecule has 0 bridgehead atoms. The third-order valence-electron chi connectivity index (χ3n) is 4.48. The molecule has 0 atom stereocenters. The number of thiophene rings is 1. The Morgan fingerprint density at radius 2 is 1.94 bits per heavy atom. The number of amides is 1. The number of hydrogen-bond acceptors (Lipinski definition) is 4. The Bertz CT molecular complexity index is 1220. The Morgan fingerprint density at radius 3 is 2.74 bits per heavy atom. The molecule has 0 saturated heterocycles. The van der Waals surface area contributed by atoms with Crippen LogP contribution < -0.4 is 10.1 Å². The van der Waals surface area contributed by atoms with Gasteiger partial charge in [0.15, 0.2) is 5.82 Å². The molecule has 2 aromatic heterocycles. The second-order valence-electron chi connectivity index (χ2n) is 7.00. The smallest absolute Gasteiger partial charge is 0.266 e. The Hall–Kier alpha value is -2.80. The first-order valence-corrected chi connectivity index (χ1v) is 11.2. The summed E-state index contributed by atoms with van der Waals surface area (Å²) in [6, 6.07) is 17.2. The summed E-state index contributed by atoms with van der Waals surface area (Å²) >= 11 is 13.7. The molecule has 0 fully saturated rings. The average molecular weight is 472 g/mol. The summed E-state index contributed by atoms with van der Waals surface area (Å²) in [5.41, 5.74) is 3.17. The van der Waals surface area contributed by atoms with Gasteiger partial charge in [0.2, 0.25) is 0 Å². The fraction of sp³-hybridized carbons (Fsp3) is 0.130. The van der Waals surface area contributed by atoms with Gasteiger partial charge in [-0.05, 0) is 36.1 Å². The maximum atomic E-state index is 12.6. The molecule has 8 heteroatoms. The first kappa shape index (κ1) is 21.4. The van der Waals surface area contributed by atoms with E-state index < -0.39 is 0 Å². The topological polar surface area (TPSA) is 56.2 Å². The number of benzene rings is 2. The lowest BCUT2D eigenvalue weighted by atomic mass is 10.1. The van der Waals surface area contributed by atoms with Crippen molar-refractivity contribution >= 4 is 46.3 Å². The maximum absolute atomic E-state index is 12.6. The van der Waals surface area contributed by atoms with E-state index in [1.165, 1.54) is 16.9 Å². The van der Waals surface area contributed by atoms with E-state index in [0.29, 0.717) is 39.6 Å². The number of rotatable bonds is 7. The molecule has 0 aliphatic carbocycles. The van der Waals surface area contributed by atoms with Gasteiger partial charge >= 0.3 is 0 Å². The number of ether oxygens (including phenoxy) is 1. The van der Waals surface area contributed by atoms with Gasteiger partial charge in [0, 0.05) is 11.8 Å². The lowest BCUT2D eigenvalue weighted by Gasteiger charge is -2.06. The summed E-state index contributed by atoms with van der Waals surface area (Å²) in [4.78, 5) is 13.2. The number of para-hydroxylation sites is 1. The molecule has 0 spiro atoms. The van der Waals surface area contributed by atoms with E-state index in [9.17, 15) is 4.79 Å². The van der Waals surface area contributed by atoms with Crippen LogP contribution in [-0.4, -0.2) is 15.7 Å². The van der Waals surface area contributed by atoms with Crippen LogP contribution in [0, 0.1) is 6.92 Å². The van der Waals surface area contributed by atoms with Crippen molar-refractivity contribution in [2.24, 2.45) is 0 Å². The Balaban J connectivity index is 1.38. The number of nitrogens with one attached hydrogen (secondary N) is 1. The normalized spacial score (nSPS) is 10.8. The van der Waals surface area contributed by atoms with Gasteiger partial charge in [-0.15, -0.1) is 11.3 Å². The van der Waals surface area contributed by atoms with E-state index in [1.54, 1.807) is 29.1 Å². The summed E-state index contributed by atoms with van der Waals surface area (Å²) in [5, 5.41) is 10.0. The maximum Gasteiger partial charge on any atom is 0.266 e. The van der Waals surface area contributed by atoms with Crippen LogP contribution in [0.25, 0.3) is 0 Å². The van der Waals surface area contributed by atoms with E-state index >= 15 is 0 Å². The van der Waals surface area contributed by atoms with E-state index in [1.807, 2.05) is 42.6 Å². The van der Waals surface area contributed by atoms with Gasteiger partial charge in [0.05, 0.1) is 16.4 Å². The molecule has 1 amide bonds. The lowest BCUT2D eigenvalue weighted by molar-refractivity contribution is 0.103. The highest BCUT2D eigenvalue weighted by molar-refractivity contribution is 7.12. The van der Waals surface area contributed by atoms with Crippen molar-refractivity contribution in [3.05, 3.63) is 97.8 Å². The van der Waals surface area contributed by atoms with Crippen LogP contribution in [0.2, 0.25) is 10.0 Å². The number of hydrogen-bond donors (Lipinski definition) is 1. The highest BCUT2D eigenvalue weighted by Gasteiger charge is 2.15. The van der Waals surface area contributed by atoms with Gasteiger partial charge in [-0.25, -0.2) is 0 Å². The minimum absolute atomic E-state index is 0.267. The van der Waals surface area contributed by atoms with Crippen LogP contribution in [-0.2, 0) is 13.2 Å². The molecule has 31 heavy (non-hydrogen) atoms. The van der Waals surface area contributed by atoms with Gasteiger partial charge in [-0.2, -0.15) is 5.10 Å². The summed E-state index contributed by atoms with van der Waals surface area (Å²) in [7, 11) is 0. The Morgan fingerprint density at radius 1 is 1.10 bits per heavy atom. The third-order valence-corrected chi connectivity index (χ3v) is 6.05. The molecule has 2 heterocycles. The number of carbonyl (C=O) groups is 1. The predicted molar refractivity (Wildman–Crippen MR) is 126 cm³/mol. The number of carbonyl (C=O) groups excluding carboxylic acids is 1. The molecule has 5 nitrogen and oxygen atoms in total. The molecule has 1 N–H and O–H groups in total. The molecule has 0 unspecified atom stereocenters. The third kappa shape index (κ3) is 5.47. The van der Waals surface area contributed by atoms with Crippen LogP contribution in [0.1, 0.15) is 26.4 Å². The average Bonchev–Trinajstić information content (AvgIpc) is 3.34. The zero-order valence-electron chi connectivity index (χ0n) is 16.6. The Labute approximate surface area is 194 Å². The zero-order chi connectivity index (χ0) is 21.8. The molecule has 2 aromatic carbocycles. The minimum atomic E-state index is -0.267. The summed E-state index contributed by atoms with van der Waals surface area (Å²) < 4.78 is 7.44. The van der Waals surface area contributed by atoms with Gasteiger partial charge in [-0.1, -0.05) is 65.2 Å². The standard InChI is InChI=1S/C23H19Cl2N3O2S/c1-15-5-4-6-16(9-15)11-28-12-19(25)22(27-28)26-23(29)21-10-17(14-31-21)13-30-20-8-3-2-7-18(20)24/h2-10,12,14H,11,13H2,1H3,(H,26,27,29). The quantitative estimate of drug-likeness (QED) is 0.337. The van der Waals surface area contributed by atoms with E-state index in [2.05, 4.69) is 16.5 Å². The largest absolute Gasteiger partial charge is 0.487 e. The molecule has 158 valence electrons. The molecule has 0 radical (unpaired) electrons. The number of nitrogens with zero attached hydrogens (tertiary/aromatic N) is 2. The van der Waals surface area contributed by atoms with Crippen LogP contribution in [0.3, 0.4) is 0 Å². The first-order chi connectivity index (χ1) is 15.0. The molecular formula is C23H19Cl2N3O2S. The first-order valence-electron chi connectivity index (χ1n) is 9.52. The number of anilines is 1. The van der Waals surface area contributed by atoms with E-state index in [-0.39, 0.29) is 5.91 Å². The van der Waals surface area contributed by atoms with Crippen LogP contribution in [0.5, 0.6) is 5.75 Å². The van der Waals surface area contributed by atoms with Crippen LogP contribution >= 0.6 is 34.5 Å². The molecule has 0 saturated carbocycles. The van der Waals surface area contributed by atoms with Crippen LogP contribution in [0.4, 0.5) is 5.82 Å². The van der Waals surface area contributed by atoms with Crippen molar-refractivity contribution in [1.82, 2.24) is 9.78 Å². The predicted octanol–water partition coefficient (Wildman–Crippen LogP) is 6.44.